The van der Waals surface area contributed by atoms with Crippen molar-refractivity contribution in [3.05, 3.63) is 28.8 Å². The Bertz CT molecular complexity index is 318. The van der Waals surface area contributed by atoms with Crippen LogP contribution >= 0.6 is 11.6 Å². The van der Waals surface area contributed by atoms with Crippen molar-refractivity contribution in [3.8, 4) is 5.75 Å². The molecule has 0 spiro atoms. The predicted octanol–water partition coefficient (Wildman–Crippen LogP) is 1.24. The van der Waals surface area contributed by atoms with Crippen molar-refractivity contribution in [2.24, 2.45) is 0 Å². The van der Waals surface area contributed by atoms with Gasteiger partial charge < -0.3 is 14.8 Å². The Morgan fingerprint density at radius 2 is 2.00 bits per heavy atom. The fraction of sp³-hybridized carbons (Fsp3) is 0.500. The molecule has 0 fully saturated rings. The molecule has 1 aromatic rings. The summed E-state index contributed by atoms with van der Waals surface area (Å²) in [5.41, 5.74) is 1.14. The number of methoxy groups -OCH3 is 1. The van der Waals surface area contributed by atoms with E-state index in [2.05, 4.69) is 5.32 Å². The maximum absolute atomic E-state index is 6.04. The lowest BCUT2D eigenvalue weighted by Crippen LogP contribution is -2.86. The maximum atomic E-state index is 6.04. The van der Waals surface area contributed by atoms with E-state index < -0.39 is 0 Å². The van der Waals surface area contributed by atoms with Gasteiger partial charge in [0.05, 0.1) is 18.2 Å². The number of nitrogens with two attached hydrogens (primary N) is 1. The zero-order valence-electron chi connectivity index (χ0n) is 9.83. The Balaban J connectivity index is 2.21. The van der Waals surface area contributed by atoms with Crippen LogP contribution in [0.3, 0.4) is 0 Å². The normalized spacial score (nSPS) is 10.4. The molecule has 0 aliphatic rings. The third-order valence-corrected chi connectivity index (χ3v) is 2.49. The summed E-state index contributed by atoms with van der Waals surface area (Å²) in [6.45, 7) is 5.31. The van der Waals surface area contributed by atoms with Crippen molar-refractivity contribution in [1.29, 1.82) is 0 Å². The highest BCUT2D eigenvalue weighted by molar-refractivity contribution is 6.32. The highest BCUT2D eigenvalue weighted by Crippen LogP contribution is 2.24. The molecule has 3 nitrogen and oxygen atoms in total. The molecule has 0 heterocycles. The van der Waals surface area contributed by atoms with Crippen molar-refractivity contribution in [2.75, 3.05) is 33.4 Å². The Morgan fingerprint density at radius 3 is 2.69 bits per heavy atom. The zero-order chi connectivity index (χ0) is 11.8. The number of aryl methyl sites for hydroxylation is 1. The Kier molecular flexibility index (Phi) is 6.23. The standard InChI is InChI=1S/C12H18ClNO2/c1-10-3-4-12(11(13)9-10)16-8-6-14-5-7-15-2/h3-4,9,14H,5-8H2,1-2H3/p+1. The van der Waals surface area contributed by atoms with E-state index in [0.717, 1.165) is 31.0 Å². The van der Waals surface area contributed by atoms with Gasteiger partial charge in [0.15, 0.2) is 0 Å². The van der Waals surface area contributed by atoms with Crippen LogP contribution < -0.4 is 10.1 Å². The highest BCUT2D eigenvalue weighted by Gasteiger charge is 2.01. The smallest absolute Gasteiger partial charge is 0.138 e. The average molecular weight is 245 g/mol. The van der Waals surface area contributed by atoms with E-state index in [0.29, 0.717) is 11.6 Å². The molecular weight excluding hydrogens is 226 g/mol. The predicted molar refractivity (Wildman–Crippen MR) is 65.2 cm³/mol. The minimum Gasteiger partial charge on any atom is -0.486 e. The van der Waals surface area contributed by atoms with Crippen LogP contribution in [0.25, 0.3) is 0 Å². The Morgan fingerprint density at radius 1 is 1.25 bits per heavy atom. The molecule has 0 saturated carbocycles. The lowest BCUT2D eigenvalue weighted by molar-refractivity contribution is -0.656. The summed E-state index contributed by atoms with van der Waals surface area (Å²) < 4.78 is 10.5. The van der Waals surface area contributed by atoms with Crippen molar-refractivity contribution in [1.82, 2.24) is 0 Å². The van der Waals surface area contributed by atoms with Gasteiger partial charge >= 0.3 is 0 Å². The number of ether oxygens (including phenoxy) is 2. The van der Waals surface area contributed by atoms with Crippen molar-refractivity contribution in [3.63, 3.8) is 0 Å². The molecule has 0 saturated heterocycles. The maximum Gasteiger partial charge on any atom is 0.138 e. The van der Waals surface area contributed by atoms with Crippen LogP contribution in [-0.2, 0) is 4.74 Å². The summed E-state index contributed by atoms with van der Waals surface area (Å²) in [5.74, 6) is 0.757. The van der Waals surface area contributed by atoms with Crippen LogP contribution in [0.1, 0.15) is 5.56 Å². The molecule has 0 radical (unpaired) electrons. The minimum atomic E-state index is 0.659. The molecule has 0 aliphatic carbocycles. The molecule has 90 valence electrons. The molecule has 0 unspecified atom stereocenters. The van der Waals surface area contributed by atoms with Crippen molar-refractivity contribution in [2.45, 2.75) is 6.92 Å². The second kappa shape index (κ2) is 7.49. The van der Waals surface area contributed by atoms with Crippen LogP contribution in [0.2, 0.25) is 5.02 Å². The van der Waals surface area contributed by atoms with Gasteiger partial charge in [0, 0.05) is 7.11 Å². The van der Waals surface area contributed by atoms with Crippen LogP contribution in [0, 0.1) is 6.92 Å². The molecule has 16 heavy (non-hydrogen) atoms. The third-order valence-electron chi connectivity index (χ3n) is 2.19. The minimum absolute atomic E-state index is 0.659. The highest BCUT2D eigenvalue weighted by atomic mass is 35.5. The van der Waals surface area contributed by atoms with E-state index in [1.165, 1.54) is 0 Å². The molecule has 4 heteroatoms. The molecule has 0 aliphatic heterocycles. The fourth-order valence-electron chi connectivity index (χ4n) is 1.32. The van der Waals surface area contributed by atoms with Crippen molar-refractivity contribution >= 4 is 11.6 Å². The lowest BCUT2D eigenvalue weighted by Gasteiger charge is -2.07. The van der Waals surface area contributed by atoms with Gasteiger partial charge in [-0.25, -0.2) is 0 Å². The van der Waals surface area contributed by atoms with Crippen LogP contribution in [0.5, 0.6) is 5.75 Å². The second-order valence-electron chi connectivity index (χ2n) is 3.64. The van der Waals surface area contributed by atoms with E-state index in [9.17, 15) is 0 Å². The first-order chi connectivity index (χ1) is 7.74. The number of hydrogen-bond acceptors (Lipinski definition) is 2. The van der Waals surface area contributed by atoms with Crippen molar-refractivity contribution < 1.29 is 14.8 Å². The Hall–Kier alpha value is -0.770. The van der Waals surface area contributed by atoms with Gasteiger partial charge in [-0.1, -0.05) is 17.7 Å². The largest absolute Gasteiger partial charge is 0.486 e. The van der Waals surface area contributed by atoms with Crippen LogP contribution in [0.15, 0.2) is 18.2 Å². The van der Waals surface area contributed by atoms with E-state index in [1.807, 2.05) is 25.1 Å². The fourth-order valence-corrected chi connectivity index (χ4v) is 1.61. The van der Waals surface area contributed by atoms with Crippen LogP contribution in [-0.4, -0.2) is 33.4 Å². The summed E-state index contributed by atoms with van der Waals surface area (Å²) in [5, 5.41) is 2.84. The monoisotopic (exact) mass is 244 g/mol. The van der Waals surface area contributed by atoms with E-state index >= 15 is 0 Å². The quantitative estimate of drug-likeness (QED) is 0.733. The average Bonchev–Trinajstić information content (AvgIpc) is 2.26. The molecule has 0 aromatic heterocycles. The summed E-state index contributed by atoms with van der Waals surface area (Å²) in [6, 6.07) is 5.81. The molecule has 1 rings (SSSR count). The third kappa shape index (κ3) is 4.84. The van der Waals surface area contributed by atoms with Gasteiger partial charge in [0.1, 0.15) is 18.9 Å². The number of quaternary nitrogens is 1. The summed E-state index contributed by atoms with van der Waals surface area (Å²) >= 11 is 6.04. The molecule has 2 N–H and O–H groups in total. The zero-order valence-corrected chi connectivity index (χ0v) is 10.6. The first-order valence-electron chi connectivity index (χ1n) is 5.43. The topological polar surface area (TPSA) is 35.1 Å². The number of hydrogen-bond donors (Lipinski definition) is 1. The lowest BCUT2D eigenvalue weighted by atomic mass is 10.2. The van der Waals surface area contributed by atoms with E-state index in [4.69, 9.17) is 21.1 Å². The number of benzene rings is 1. The summed E-state index contributed by atoms with van der Waals surface area (Å²) in [7, 11) is 1.70. The van der Waals surface area contributed by atoms with Gasteiger partial charge in [-0.2, -0.15) is 0 Å². The molecule has 1 aromatic carbocycles. The molecule has 0 bridgehead atoms. The first-order valence-corrected chi connectivity index (χ1v) is 5.81. The summed E-state index contributed by atoms with van der Waals surface area (Å²) in [4.78, 5) is 0. The second-order valence-corrected chi connectivity index (χ2v) is 4.05. The Labute approximate surface area is 102 Å². The number of rotatable bonds is 7. The van der Waals surface area contributed by atoms with Crippen LogP contribution in [0.4, 0.5) is 0 Å². The van der Waals surface area contributed by atoms with Gasteiger partial charge in [-0.15, -0.1) is 0 Å². The van der Waals surface area contributed by atoms with Gasteiger partial charge in [-0.05, 0) is 24.6 Å². The van der Waals surface area contributed by atoms with Gasteiger partial charge in [0.2, 0.25) is 0 Å². The van der Waals surface area contributed by atoms with E-state index in [-0.39, 0.29) is 0 Å². The summed E-state index contributed by atoms with van der Waals surface area (Å²) in [6.07, 6.45) is 0. The number of halogens is 1. The molecule has 0 amide bonds. The SMILES string of the molecule is COCC[NH2+]CCOc1ccc(C)cc1Cl. The van der Waals surface area contributed by atoms with E-state index in [1.54, 1.807) is 7.11 Å². The molecule has 0 atom stereocenters. The molecular formula is C12H19ClNO2+. The first kappa shape index (κ1) is 13.3. The van der Waals surface area contributed by atoms with Gasteiger partial charge in [-0.3, -0.25) is 0 Å². The van der Waals surface area contributed by atoms with Gasteiger partial charge in [0.25, 0.3) is 0 Å².